The molecule has 1 aromatic rings. The van der Waals surface area contributed by atoms with Gasteiger partial charge in [-0.3, -0.25) is 4.79 Å². The maximum absolute atomic E-state index is 13.0. The number of hydrogen-bond acceptors (Lipinski definition) is 2. The van der Waals surface area contributed by atoms with Crippen LogP contribution in [0.15, 0.2) is 24.3 Å². The predicted octanol–water partition coefficient (Wildman–Crippen LogP) is 2.22. The number of carbonyl (C=O) groups is 1. The van der Waals surface area contributed by atoms with E-state index in [4.69, 9.17) is 0 Å². The van der Waals surface area contributed by atoms with E-state index in [9.17, 15) is 9.18 Å². The lowest BCUT2D eigenvalue weighted by Gasteiger charge is -2.38. The standard InChI is InChI=1S/C15H21FN2O/c1-15(2)7-4-8-17-13(15)14(19)18-10-11-5-3-6-12(16)9-11/h3,5-6,9,13,17H,4,7-8,10H2,1-2H3,(H,18,19). The number of amides is 1. The Morgan fingerprint density at radius 1 is 1.53 bits per heavy atom. The Bertz CT molecular complexity index is 459. The molecule has 0 aromatic heterocycles. The Hall–Kier alpha value is -1.42. The van der Waals surface area contributed by atoms with Gasteiger partial charge in [0.05, 0.1) is 6.04 Å². The summed E-state index contributed by atoms with van der Waals surface area (Å²) >= 11 is 0. The van der Waals surface area contributed by atoms with Crippen molar-refractivity contribution in [2.24, 2.45) is 5.41 Å². The van der Waals surface area contributed by atoms with Crippen molar-refractivity contribution in [3.05, 3.63) is 35.6 Å². The fraction of sp³-hybridized carbons (Fsp3) is 0.533. The van der Waals surface area contributed by atoms with Gasteiger partial charge in [0, 0.05) is 6.54 Å². The molecule has 0 bridgehead atoms. The largest absolute Gasteiger partial charge is 0.351 e. The highest BCUT2D eigenvalue weighted by Crippen LogP contribution is 2.30. The van der Waals surface area contributed by atoms with Gasteiger partial charge in [0.25, 0.3) is 0 Å². The second kappa shape index (κ2) is 5.70. The Labute approximate surface area is 113 Å². The van der Waals surface area contributed by atoms with Gasteiger partial charge in [-0.2, -0.15) is 0 Å². The van der Waals surface area contributed by atoms with Crippen molar-refractivity contribution in [2.75, 3.05) is 6.54 Å². The van der Waals surface area contributed by atoms with Gasteiger partial charge in [-0.15, -0.1) is 0 Å². The zero-order valence-corrected chi connectivity index (χ0v) is 11.5. The molecule has 1 aliphatic rings. The average molecular weight is 264 g/mol. The van der Waals surface area contributed by atoms with Crippen molar-refractivity contribution in [3.8, 4) is 0 Å². The number of hydrogen-bond donors (Lipinski definition) is 2. The van der Waals surface area contributed by atoms with Gasteiger partial charge in [-0.05, 0) is 42.5 Å². The van der Waals surface area contributed by atoms with Crippen molar-refractivity contribution in [2.45, 2.75) is 39.3 Å². The fourth-order valence-corrected chi connectivity index (χ4v) is 2.60. The lowest BCUT2D eigenvalue weighted by atomic mass is 9.77. The van der Waals surface area contributed by atoms with Crippen molar-refractivity contribution in [1.29, 1.82) is 0 Å². The van der Waals surface area contributed by atoms with Gasteiger partial charge < -0.3 is 10.6 Å². The van der Waals surface area contributed by atoms with Gasteiger partial charge in [0.2, 0.25) is 5.91 Å². The predicted molar refractivity (Wildman–Crippen MR) is 73.1 cm³/mol. The van der Waals surface area contributed by atoms with Gasteiger partial charge in [-0.1, -0.05) is 26.0 Å². The summed E-state index contributed by atoms with van der Waals surface area (Å²) < 4.78 is 13.0. The first kappa shape index (κ1) is 14.0. The molecule has 0 aliphatic carbocycles. The van der Waals surface area contributed by atoms with Gasteiger partial charge in [0.1, 0.15) is 5.82 Å². The molecule has 1 aromatic carbocycles. The maximum atomic E-state index is 13.0. The molecule has 1 fully saturated rings. The van der Waals surface area contributed by atoms with Crippen LogP contribution < -0.4 is 10.6 Å². The second-order valence-electron chi connectivity index (χ2n) is 5.83. The SMILES string of the molecule is CC1(C)CCCNC1C(=O)NCc1cccc(F)c1. The van der Waals surface area contributed by atoms with E-state index in [0.29, 0.717) is 6.54 Å². The summed E-state index contributed by atoms with van der Waals surface area (Å²) in [5, 5.41) is 6.15. The lowest BCUT2D eigenvalue weighted by molar-refractivity contribution is -0.126. The highest BCUT2D eigenvalue weighted by atomic mass is 19.1. The first-order valence-corrected chi connectivity index (χ1v) is 6.74. The third-order valence-electron chi connectivity index (χ3n) is 3.75. The van der Waals surface area contributed by atoms with E-state index in [-0.39, 0.29) is 23.2 Å². The molecule has 104 valence electrons. The third-order valence-corrected chi connectivity index (χ3v) is 3.75. The van der Waals surface area contributed by atoms with Crippen LogP contribution >= 0.6 is 0 Å². The van der Waals surface area contributed by atoms with Gasteiger partial charge in [0.15, 0.2) is 0 Å². The average Bonchev–Trinajstić information content (AvgIpc) is 2.35. The number of piperidine rings is 1. The molecule has 1 heterocycles. The molecule has 1 unspecified atom stereocenters. The molecule has 3 nitrogen and oxygen atoms in total. The molecule has 0 saturated carbocycles. The van der Waals surface area contributed by atoms with Crippen molar-refractivity contribution < 1.29 is 9.18 Å². The highest BCUT2D eigenvalue weighted by Gasteiger charge is 2.36. The first-order chi connectivity index (χ1) is 8.99. The fourth-order valence-electron chi connectivity index (χ4n) is 2.60. The molecule has 4 heteroatoms. The van der Waals surface area contributed by atoms with Gasteiger partial charge >= 0.3 is 0 Å². The number of rotatable bonds is 3. The highest BCUT2D eigenvalue weighted by molar-refractivity contribution is 5.82. The molecule has 1 saturated heterocycles. The topological polar surface area (TPSA) is 41.1 Å². The van der Waals surface area contributed by atoms with E-state index in [1.807, 2.05) is 6.07 Å². The second-order valence-corrected chi connectivity index (χ2v) is 5.83. The molecule has 1 amide bonds. The van der Waals surface area contributed by atoms with E-state index in [1.165, 1.54) is 12.1 Å². The van der Waals surface area contributed by atoms with E-state index in [2.05, 4.69) is 24.5 Å². The third kappa shape index (κ3) is 3.53. The summed E-state index contributed by atoms with van der Waals surface area (Å²) in [5.74, 6) is -0.281. The number of benzene rings is 1. The van der Waals surface area contributed by atoms with Gasteiger partial charge in [-0.25, -0.2) is 4.39 Å². The van der Waals surface area contributed by atoms with E-state index in [0.717, 1.165) is 24.9 Å². The number of nitrogens with one attached hydrogen (secondary N) is 2. The normalized spacial score (nSPS) is 21.9. The summed E-state index contributed by atoms with van der Waals surface area (Å²) in [6.07, 6.45) is 2.14. The molecule has 1 aliphatic heterocycles. The number of halogens is 1. The Morgan fingerprint density at radius 2 is 2.32 bits per heavy atom. The molecule has 2 rings (SSSR count). The van der Waals surface area contributed by atoms with Crippen LogP contribution in [-0.2, 0) is 11.3 Å². The summed E-state index contributed by atoms with van der Waals surface area (Å²) in [6, 6.07) is 6.13. The van der Waals surface area contributed by atoms with E-state index < -0.39 is 0 Å². The van der Waals surface area contributed by atoms with Crippen LogP contribution in [0.2, 0.25) is 0 Å². The lowest BCUT2D eigenvalue weighted by Crippen LogP contribution is -2.55. The van der Waals surface area contributed by atoms with Crippen LogP contribution in [0, 0.1) is 11.2 Å². The molecular formula is C15H21FN2O. The maximum Gasteiger partial charge on any atom is 0.237 e. The van der Waals surface area contributed by atoms with Crippen LogP contribution in [0.1, 0.15) is 32.3 Å². The van der Waals surface area contributed by atoms with E-state index >= 15 is 0 Å². The molecule has 1 atom stereocenters. The molecular weight excluding hydrogens is 243 g/mol. The summed E-state index contributed by atoms with van der Waals surface area (Å²) in [7, 11) is 0. The zero-order chi connectivity index (χ0) is 13.9. The minimum atomic E-state index is -0.275. The Kier molecular flexibility index (Phi) is 4.20. The minimum absolute atomic E-state index is 0.00559. The summed E-state index contributed by atoms with van der Waals surface area (Å²) in [4.78, 5) is 12.2. The van der Waals surface area contributed by atoms with Crippen LogP contribution in [0.3, 0.4) is 0 Å². The number of carbonyl (C=O) groups excluding carboxylic acids is 1. The first-order valence-electron chi connectivity index (χ1n) is 6.74. The van der Waals surface area contributed by atoms with Crippen molar-refractivity contribution in [1.82, 2.24) is 10.6 Å². The minimum Gasteiger partial charge on any atom is -0.351 e. The Morgan fingerprint density at radius 3 is 3.00 bits per heavy atom. The van der Waals surface area contributed by atoms with E-state index in [1.54, 1.807) is 6.07 Å². The smallest absolute Gasteiger partial charge is 0.237 e. The van der Waals surface area contributed by atoms with Crippen LogP contribution in [-0.4, -0.2) is 18.5 Å². The Balaban J connectivity index is 1.94. The van der Waals surface area contributed by atoms with Crippen molar-refractivity contribution in [3.63, 3.8) is 0 Å². The van der Waals surface area contributed by atoms with Crippen molar-refractivity contribution >= 4 is 5.91 Å². The quantitative estimate of drug-likeness (QED) is 0.879. The summed E-state index contributed by atoms with van der Waals surface area (Å²) in [5.41, 5.74) is 0.742. The molecule has 0 spiro atoms. The molecule has 2 N–H and O–H groups in total. The zero-order valence-electron chi connectivity index (χ0n) is 11.5. The monoisotopic (exact) mass is 264 g/mol. The van der Waals surface area contributed by atoms with Crippen LogP contribution in [0.5, 0.6) is 0 Å². The molecule has 0 radical (unpaired) electrons. The van der Waals surface area contributed by atoms with Crippen LogP contribution in [0.4, 0.5) is 4.39 Å². The van der Waals surface area contributed by atoms with Crippen LogP contribution in [0.25, 0.3) is 0 Å². The summed E-state index contributed by atoms with van der Waals surface area (Å²) in [6.45, 7) is 5.45. The molecule has 19 heavy (non-hydrogen) atoms.